The van der Waals surface area contributed by atoms with Gasteiger partial charge in [0.2, 0.25) is 0 Å². The summed E-state index contributed by atoms with van der Waals surface area (Å²) in [7, 11) is 0. The first kappa shape index (κ1) is 14.2. The minimum absolute atomic E-state index is 0.241. The fraction of sp³-hybridized carbons (Fsp3) is 0.133. The maximum Gasteiger partial charge on any atom is 0.269 e. The maximum absolute atomic E-state index is 11.9. The average molecular weight is 330 g/mol. The van der Waals surface area contributed by atoms with Gasteiger partial charge in [0.1, 0.15) is 17.5 Å². The lowest BCUT2D eigenvalue weighted by molar-refractivity contribution is 0.0949. The summed E-state index contributed by atoms with van der Waals surface area (Å²) in [6.07, 6.45) is 0.747. The Hall–Kier alpha value is -2.19. The zero-order valence-corrected chi connectivity index (χ0v) is 12.2. The molecule has 1 aromatic carbocycles. The molecule has 0 aliphatic heterocycles. The second-order valence-corrected chi connectivity index (χ2v) is 5.07. The Morgan fingerprint density at radius 2 is 2.00 bits per heavy atom. The van der Waals surface area contributed by atoms with Crippen molar-refractivity contribution < 1.29 is 4.79 Å². The van der Waals surface area contributed by atoms with Gasteiger partial charge in [0, 0.05) is 11.0 Å². The van der Waals surface area contributed by atoms with Gasteiger partial charge in [-0.05, 0) is 36.2 Å². The summed E-state index contributed by atoms with van der Waals surface area (Å²) in [6.45, 7) is 0.527. The van der Waals surface area contributed by atoms with E-state index in [4.69, 9.17) is 5.26 Å². The molecule has 20 heavy (non-hydrogen) atoms. The molecule has 4 nitrogen and oxygen atoms in total. The van der Waals surface area contributed by atoms with E-state index in [0.29, 0.717) is 6.54 Å². The molecule has 0 saturated carbocycles. The minimum atomic E-state index is -0.265. The zero-order valence-electron chi connectivity index (χ0n) is 10.6. The predicted octanol–water partition coefficient (Wildman–Crippen LogP) is 2.69. The molecule has 1 amide bonds. The second-order valence-electron chi connectivity index (χ2n) is 4.15. The van der Waals surface area contributed by atoms with Gasteiger partial charge in [0.25, 0.3) is 5.91 Å². The lowest BCUT2D eigenvalue weighted by Gasteiger charge is -2.05. The van der Waals surface area contributed by atoms with E-state index in [1.54, 1.807) is 18.2 Å². The van der Waals surface area contributed by atoms with E-state index < -0.39 is 0 Å². The summed E-state index contributed by atoms with van der Waals surface area (Å²) < 4.78 is 1.03. The SMILES string of the molecule is N#Cc1cccc(C(=O)NCCc2ccc(Br)cc2)n1. The average Bonchev–Trinajstić information content (AvgIpc) is 2.49. The third-order valence-electron chi connectivity index (χ3n) is 2.71. The third kappa shape index (κ3) is 3.90. The molecule has 2 aromatic rings. The van der Waals surface area contributed by atoms with Crippen molar-refractivity contribution in [3.05, 3.63) is 63.9 Å². The van der Waals surface area contributed by atoms with Gasteiger partial charge in [-0.25, -0.2) is 4.98 Å². The zero-order chi connectivity index (χ0) is 14.4. The molecule has 0 unspecified atom stereocenters. The monoisotopic (exact) mass is 329 g/mol. The summed E-state index contributed by atoms with van der Waals surface area (Å²) in [5.41, 5.74) is 1.65. The topological polar surface area (TPSA) is 65.8 Å². The van der Waals surface area contributed by atoms with Crippen LogP contribution in [-0.4, -0.2) is 17.4 Å². The quantitative estimate of drug-likeness (QED) is 0.937. The largest absolute Gasteiger partial charge is 0.350 e. The van der Waals surface area contributed by atoms with Gasteiger partial charge in [-0.15, -0.1) is 0 Å². The van der Waals surface area contributed by atoms with Crippen molar-refractivity contribution in [1.82, 2.24) is 10.3 Å². The van der Waals surface area contributed by atoms with Crippen molar-refractivity contribution >= 4 is 21.8 Å². The van der Waals surface area contributed by atoms with Crippen LogP contribution in [0.5, 0.6) is 0 Å². The number of nitrogens with one attached hydrogen (secondary N) is 1. The van der Waals surface area contributed by atoms with E-state index in [0.717, 1.165) is 16.5 Å². The molecule has 100 valence electrons. The molecule has 1 heterocycles. The van der Waals surface area contributed by atoms with Crippen molar-refractivity contribution in [2.24, 2.45) is 0 Å². The van der Waals surface area contributed by atoms with Crippen LogP contribution in [0.4, 0.5) is 0 Å². The first-order valence-corrected chi connectivity index (χ1v) is 6.88. The third-order valence-corrected chi connectivity index (χ3v) is 3.24. The number of hydrogen-bond donors (Lipinski definition) is 1. The summed E-state index contributed by atoms with van der Waals surface area (Å²) in [5.74, 6) is -0.265. The molecule has 1 aromatic heterocycles. The van der Waals surface area contributed by atoms with E-state index in [-0.39, 0.29) is 17.3 Å². The smallest absolute Gasteiger partial charge is 0.269 e. The molecule has 1 N–H and O–H groups in total. The van der Waals surface area contributed by atoms with Crippen LogP contribution in [0.15, 0.2) is 46.9 Å². The molecule has 0 aliphatic rings. The highest BCUT2D eigenvalue weighted by molar-refractivity contribution is 9.10. The highest BCUT2D eigenvalue weighted by atomic mass is 79.9. The molecule has 5 heteroatoms. The Morgan fingerprint density at radius 3 is 2.70 bits per heavy atom. The molecule has 2 rings (SSSR count). The number of aromatic nitrogens is 1. The molecular formula is C15H12BrN3O. The van der Waals surface area contributed by atoms with Crippen molar-refractivity contribution in [2.45, 2.75) is 6.42 Å². The molecular weight excluding hydrogens is 318 g/mol. The van der Waals surface area contributed by atoms with Gasteiger partial charge in [0.15, 0.2) is 0 Å². The van der Waals surface area contributed by atoms with E-state index in [1.807, 2.05) is 30.3 Å². The molecule has 0 fully saturated rings. The van der Waals surface area contributed by atoms with Gasteiger partial charge in [0.05, 0.1) is 0 Å². The molecule has 0 bridgehead atoms. The predicted molar refractivity (Wildman–Crippen MR) is 79.1 cm³/mol. The Balaban J connectivity index is 1.89. The standard InChI is InChI=1S/C15H12BrN3O/c16-12-6-4-11(5-7-12)8-9-18-15(20)14-3-1-2-13(10-17)19-14/h1-7H,8-9H2,(H,18,20). The molecule has 0 atom stereocenters. The first-order valence-electron chi connectivity index (χ1n) is 6.09. The first-order chi connectivity index (χ1) is 9.69. The van der Waals surface area contributed by atoms with E-state index in [9.17, 15) is 4.79 Å². The minimum Gasteiger partial charge on any atom is -0.350 e. The normalized spacial score (nSPS) is 9.80. The highest BCUT2D eigenvalue weighted by Gasteiger charge is 2.07. The van der Waals surface area contributed by atoms with Crippen LogP contribution in [0.2, 0.25) is 0 Å². The van der Waals surface area contributed by atoms with Gasteiger partial charge in [-0.1, -0.05) is 34.1 Å². The van der Waals surface area contributed by atoms with Gasteiger partial charge < -0.3 is 5.32 Å². The number of carbonyl (C=O) groups is 1. The molecule has 0 saturated heterocycles. The van der Waals surface area contributed by atoms with Gasteiger partial charge >= 0.3 is 0 Å². The number of carbonyl (C=O) groups excluding carboxylic acids is 1. The molecule has 0 aliphatic carbocycles. The van der Waals surface area contributed by atoms with E-state index in [1.165, 1.54) is 0 Å². The number of rotatable bonds is 4. The number of benzene rings is 1. The Kier molecular flexibility index (Phi) is 4.85. The van der Waals surface area contributed by atoms with E-state index in [2.05, 4.69) is 26.2 Å². The number of halogens is 1. The number of nitriles is 1. The number of pyridine rings is 1. The number of amides is 1. The van der Waals surface area contributed by atoms with E-state index >= 15 is 0 Å². The van der Waals surface area contributed by atoms with Crippen LogP contribution in [0.1, 0.15) is 21.7 Å². The Labute approximate surface area is 125 Å². The van der Waals surface area contributed by atoms with Gasteiger partial charge in [-0.3, -0.25) is 4.79 Å². The van der Waals surface area contributed by atoms with Crippen molar-refractivity contribution in [3.8, 4) is 6.07 Å². The highest BCUT2D eigenvalue weighted by Crippen LogP contribution is 2.10. The molecule has 0 radical (unpaired) electrons. The maximum atomic E-state index is 11.9. The lowest BCUT2D eigenvalue weighted by Crippen LogP contribution is -2.26. The fourth-order valence-corrected chi connectivity index (χ4v) is 1.95. The molecule has 0 spiro atoms. The Morgan fingerprint density at radius 1 is 1.25 bits per heavy atom. The van der Waals surface area contributed by atoms with Crippen LogP contribution >= 0.6 is 15.9 Å². The summed E-state index contributed by atoms with van der Waals surface area (Å²) in [5, 5.41) is 11.5. The summed E-state index contributed by atoms with van der Waals surface area (Å²) in [6, 6.07) is 14.7. The van der Waals surface area contributed by atoms with Crippen LogP contribution in [0, 0.1) is 11.3 Å². The van der Waals surface area contributed by atoms with Crippen LogP contribution in [0.3, 0.4) is 0 Å². The van der Waals surface area contributed by atoms with Crippen molar-refractivity contribution in [2.75, 3.05) is 6.54 Å². The van der Waals surface area contributed by atoms with Crippen LogP contribution < -0.4 is 5.32 Å². The van der Waals surface area contributed by atoms with Crippen LogP contribution in [-0.2, 0) is 6.42 Å². The Bertz CT molecular complexity index is 647. The van der Waals surface area contributed by atoms with Gasteiger partial charge in [-0.2, -0.15) is 5.26 Å². The number of hydrogen-bond acceptors (Lipinski definition) is 3. The van der Waals surface area contributed by atoms with Crippen molar-refractivity contribution in [3.63, 3.8) is 0 Å². The summed E-state index contributed by atoms with van der Waals surface area (Å²) in [4.78, 5) is 15.8. The number of nitrogens with zero attached hydrogens (tertiary/aromatic N) is 2. The second kappa shape index (κ2) is 6.83. The summed E-state index contributed by atoms with van der Waals surface area (Å²) >= 11 is 3.38. The van der Waals surface area contributed by atoms with Crippen molar-refractivity contribution in [1.29, 1.82) is 5.26 Å². The fourth-order valence-electron chi connectivity index (χ4n) is 1.69. The van der Waals surface area contributed by atoms with Crippen LogP contribution in [0.25, 0.3) is 0 Å². The lowest BCUT2D eigenvalue weighted by atomic mass is 10.1.